The first-order chi connectivity index (χ1) is 36.1. The fourth-order valence-electron chi connectivity index (χ4n) is 7.77. The molecule has 0 saturated carbocycles. The number of nitrogens with two attached hydrogens (primary N) is 3. The zero-order valence-corrected chi connectivity index (χ0v) is 44.1. The van der Waals surface area contributed by atoms with Crippen LogP contribution >= 0.6 is 0 Å². The average molecular weight is 1100 g/mol. The first-order valence-corrected chi connectivity index (χ1v) is 27.2. The number of amides is 1. The Morgan fingerprint density at radius 2 is 1.03 bits per heavy atom. The van der Waals surface area contributed by atoms with E-state index in [1.54, 1.807) is 110 Å². The maximum Gasteiger partial charge on any atom is 0.337 e. The van der Waals surface area contributed by atoms with Gasteiger partial charge in [-0.1, -0.05) is 63.4 Å². The maximum absolute atomic E-state index is 12.7. The SMILES string of the molecule is C.C.COC(=O)c1ccnc(Cc2ccc(Cn3ccccc3=O)c(S(C)(=O)=O)c2)c1.Cc1nc(N)ccc1CN.Cc1nc(N)ccc1CNC(=O)c1ccnc(Cc2ccc(Cn3ccccc3=O)c(S(C)(=O)=O)c2)c1. The van der Waals surface area contributed by atoms with Crippen molar-refractivity contribution in [2.75, 3.05) is 31.1 Å². The number of nitrogens with one attached hydrogen (secondary N) is 1. The summed E-state index contributed by atoms with van der Waals surface area (Å²) in [5.74, 6) is 0.247. The van der Waals surface area contributed by atoms with E-state index in [4.69, 9.17) is 21.9 Å². The van der Waals surface area contributed by atoms with E-state index in [0.29, 0.717) is 71.2 Å². The van der Waals surface area contributed by atoms with Crippen LogP contribution in [0.1, 0.15) is 91.7 Å². The van der Waals surface area contributed by atoms with Crippen molar-refractivity contribution in [3.8, 4) is 0 Å². The normalized spacial score (nSPS) is 10.8. The van der Waals surface area contributed by atoms with Crippen molar-refractivity contribution in [1.82, 2.24) is 34.4 Å². The molecule has 6 heterocycles. The van der Waals surface area contributed by atoms with E-state index in [2.05, 4.69) is 25.3 Å². The predicted molar refractivity (Wildman–Crippen MR) is 303 cm³/mol. The van der Waals surface area contributed by atoms with Crippen LogP contribution in [0.4, 0.5) is 11.6 Å². The summed E-state index contributed by atoms with van der Waals surface area (Å²) < 4.78 is 57.4. The molecule has 2 aromatic carbocycles. The Balaban J connectivity index is 0.000000284. The van der Waals surface area contributed by atoms with E-state index in [-0.39, 0.29) is 54.8 Å². The second kappa shape index (κ2) is 27.9. The van der Waals surface area contributed by atoms with Gasteiger partial charge >= 0.3 is 5.97 Å². The third kappa shape index (κ3) is 17.4. The van der Waals surface area contributed by atoms with Crippen LogP contribution in [-0.2, 0) is 63.4 Å². The number of nitrogens with zero attached hydrogens (tertiary/aromatic N) is 6. The Hall–Kier alpha value is -8.66. The molecule has 8 aromatic rings. The summed E-state index contributed by atoms with van der Waals surface area (Å²) in [6.45, 7) is 4.85. The fourth-order valence-corrected chi connectivity index (χ4v) is 9.72. The van der Waals surface area contributed by atoms with Crippen LogP contribution < -0.4 is 33.6 Å². The topological polar surface area (TPSA) is 297 Å². The van der Waals surface area contributed by atoms with Crippen molar-refractivity contribution in [1.29, 1.82) is 0 Å². The van der Waals surface area contributed by atoms with Crippen LogP contribution in [0.25, 0.3) is 0 Å². The number of pyridine rings is 6. The second-order valence-electron chi connectivity index (χ2n) is 17.5. The third-order valence-corrected chi connectivity index (χ3v) is 14.1. The minimum absolute atomic E-state index is 0. The molecule has 6 aromatic heterocycles. The first-order valence-electron chi connectivity index (χ1n) is 23.5. The van der Waals surface area contributed by atoms with Gasteiger partial charge in [-0.2, -0.15) is 0 Å². The summed E-state index contributed by atoms with van der Waals surface area (Å²) >= 11 is 0. The Bertz CT molecular complexity index is 3750. The van der Waals surface area contributed by atoms with Crippen LogP contribution in [0.2, 0.25) is 0 Å². The van der Waals surface area contributed by atoms with Crippen molar-refractivity contribution >= 4 is 43.2 Å². The molecule has 0 aliphatic carbocycles. The molecule has 410 valence electrons. The highest BCUT2D eigenvalue weighted by atomic mass is 32.2. The summed E-state index contributed by atoms with van der Waals surface area (Å²) in [5, 5.41) is 2.88. The highest BCUT2D eigenvalue weighted by Gasteiger charge is 2.18. The molecule has 0 aliphatic rings. The lowest BCUT2D eigenvalue weighted by atomic mass is 10.1. The van der Waals surface area contributed by atoms with Gasteiger partial charge in [0.1, 0.15) is 11.6 Å². The summed E-state index contributed by atoms with van der Waals surface area (Å²) in [6.07, 6.45) is 9.25. The number of carbonyl (C=O) groups excluding carboxylic acids is 2. The van der Waals surface area contributed by atoms with Gasteiger partial charge in [0.05, 0.1) is 35.6 Å². The molecule has 21 heteroatoms. The molecular weight excluding hydrogens is 1030 g/mol. The minimum Gasteiger partial charge on any atom is -0.465 e. The molecule has 7 N–H and O–H groups in total. The predicted octanol–water partition coefficient (Wildman–Crippen LogP) is 6.28. The molecule has 0 saturated heterocycles. The van der Waals surface area contributed by atoms with Crippen LogP contribution in [0.15, 0.2) is 165 Å². The van der Waals surface area contributed by atoms with E-state index in [9.17, 15) is 36.0 Å². The highest BCUT2D eigenvalue weighted by molar-refractivity contribution is 7.91. The summed E-state index contributed by atoms with van der Waals surface area (Å²) in [4.78, 5) is 65.7. The molecule has 8 rings (SSSR count). The van der Waals surface area contributed by atoms with Crippen molar-refractivity contribution in [3.05, 3.63) is 234 Å². The van der Waals surface area contributed by atoms with Crippen LogP contribution in [0.3, 0.4) is 0 Å². The lowest BCUT2D eigenvalue weighted by Gasteiger charge is -2.12. The number of sulfone groups is 2. The van der Waals surface area contributed by atoms with Crippen LogP contribution in [0.5, 0.6) is 0 Å². The number of carbonyl (C=O) groups is 2. The van der Waals surface area contributed by atoms with Crippen molar-refractivity contribution in [3.63, 3.8) is 0 Å². The molecule has 0 bridgehead atoms. The number of hydrogen-bond acceptors (Lipinski definition) is 16. The van der Waals surface area contributed by atoms with Crippen LogP contribution in [0, 0.1) is 13.8 Å². The Morgan fingerprint density at radius 3 is 1.45 bits per heavy atom. The lowest BCUT2D eigenvalue weighted by Crippen LogP contribution is -2.23. The monoisotopic (exact) mass is 1100 g/mol. The zero-order valence-electron chi connectivity index (χ0n) is 42.5. The van der Waals surface area contributed by atoms with E-state index in [1.807, 2.05) is 32.0 Å². The zero-order chi connectivity index (χ0) is 55.2. The van der Waals surface area contributed by atoms with Gasteiger partial charge in [0, 0.05) is 104 Å². The number of aryl methyl sites for hydroxylation is 2. The number of hydrogen-bond donors (Lipinski definition) is 4. The van der Waals surface area contributed by atoms with Gasteiger partial charge in [-0.05, 0) is 108 Å². The van der Waals surface area contributed by atoms with Gasteiger partial charge in [-0.25, -0.2) is 31.6 Å². The number of methoxy groups -OCH3 is 1. The quantitative estimate of drug-likeness (QED) is 0.0822. The van der Waals surface area contributed by atoms with Crippen molar-refractivity contribution < 1.29 is 31.2 Å². The standard InChI is InChI=1S/C27H27N5O4S.C21H20N2O5S.C7H11N3.2CH4/c1-18-21(8-9-25(28)31-18)16-30-27(34)20-10-11-29-23(15-20)13-19-6-7-22(24(14-19)37(2,35)36)17-32-12-4-3-5-26(32)33;1-28-21(25)16-8-9-22-18(13-16)11-15-6-7-17(19(12-15)29(2,26)27)14-23-10-4-3-5-20(23)24;1-5-6(4-8)2-3-7(9)10-5;;/h3-12,14-15H,13,16-17H2,1-2H3,(H2,28,31)(H,30,34);3-10,12-13H,11,14H2,1-2H3;2-3H,4,8H2,1H3,(H2,9,10);2*1H4. The van der Waals surface area contributed by atoms with Crippen molar-refractivity contribution in [2.24, 2.45) is 5.73 Å². The fraction of sp³-hybridized carbons (Fsp3) is 0.228. The molecule has 0 fully saturated rings. The average Bonchev–Trinajstić information content (AvgIpc) is 3.38. The Morgan fingerprint density at radius 1 is 0.590 bits per heavy atom. The summed E-state index contributed by atoms with van der Waals surface area (Å²) in [7, 11) is -5.77. The van der Waals surface area contributed by atoms with Crippen LogP contribution in [-0.4, -0.2) is 77.4 Å². The minimum atomic E-state index is -3.56. The lowest BCUT2D eigenvalue weighted by molar-refractivity contribution is 0.0600. The van der Waals surface area contributed by atoms with E-state index in [0.717, 1.165) is 46.2 Å². The Kier molecular flexibility index (Phi) is 22.2. The largest absolute Gasteiger partial charge is 0.465 e. The number of benzene rings is 2. The number of anilines is 2. The first kappa shape index (κ1) is 61.9. The summed E-state index contributed by atoms with van der Waals surface area (Å²) in [5.41, 5.74) is 24.2. The molecule has 19 nitrogen and oxygen atoms in total. The number of ether oxygens (including phenoxy) is 1. The van der Waals surface area contributed by atoms with Gasteiger partial charge in [0.2, 0.25) is 0 Å². The molecule has 0 spiro atoms. The Labute approximate surface area is 455 Å². The van der Waals surface area contributed by atoms with Gasteiger partial charge in [-0.15, -0.1) is 0 Å². The molecule has 78 heavy (non-hydrogen) atoms. The van der Waals surface area contributed by atoms with E-state index >= 15 is 0 Å². The molecule has 0 atom stereocenters. The molecular formula is C57H66N10O9S2. The smallest absolute Gasteiger partial charge is 0.337 e. The number of aromatic nitrogens is 6. The number of esters is 1. The van der Waals surface area contributed by atoms with Gasteiger partial charge in [0.25, 0.3) is 17.0 Å². The number of nitrogen functional groups attached to an aromatic ring is 2. The third-order valence-electron chi connectivity index (χ3n) is 11.7. The highest BCUT2D eigenvalue weighted by Crippen LogP contribution is 2.23. The van der Waals surface area contributed by atoms with Gasteiger partial charge in [0.15, 0.2) is 19.7 Å². The summed E-state index contributed by atoms with van der Waals surface area (Å²) in [6, 6.07) is 33.4. The van der Waals surface area contributed by atoms with Gasteiger partial charge < -0.3 is 36.4 Å². The molecule has 0 radical (unpaired) electrons. The molecule has 0 unspecified atom stereocenters. The van der Waals surface area contributed by atoms with E-state index in [1.165, 1.54) is 34.6 Å². The molecule has 1 amide bonds. The van der Waals surface area contributed by atoms with Crippen molar-refractivity contribution in [2.45, 2.75) is 77.5 Å². The van der Waals surface area contributed by atoms with E-state index < -0.39 is 25.6 Å². The maximum atomic E-state index is 12.7. The molecule has 0 aliphatic heterocycles. The second-order valence-corrected chi connectivity index (χ2v) is 21.5. The number of rotatable bonds is 15. The van der Waals surface area contributed by atoms with Gasteiger partial charge in [-0.3, -0.25) is 24.4 Å².